The summed E-state index contributed by atoms with van der Waals surface area (Å²) in [5, 5.41) is 2.84. The van der Waals surface area contributed by atoms with Gasteiger partial charge in [-0.15, -0.1) is 11.8 Å². The molecule has 0 radical (unpaired) electrons. The molecular weight excluding hydrogens is 277 g/mol. The molecule has 106 valence electrons. The minimum absolute atomic E-state index is 0.0715. The van der Waals surface area contributed by atoms with Gasteiger partial charge < -0.3 is 10.3 Å². The van der Waals surface area contributed by atoms with Crippen molar-refractivity contribution in [3.8, 4) is 0 Å². The zero-order valence-electron chi connectivity index (χ0n) is 11.1. The number of aromatic amines is 1. The van der Waals surface area contributed by atoms with E-state index in [1.54, 1.807) is 30.6 Å². The Morgan fingerprint density at radius 3 is 3.00 bits per heavy atom. The van der Waals surface area contributed by atoms with E-state index in [0.29, 0.717) is 17.1 Å². The minimum Gasteiger partial charge on any atom is -0.347 e. The van der Waals surface area contributed by atoms with Crippen molar-refractivity contribution in [3.63, 3.8) is 0 Å². The maximum absolute atomic E-state index is 13.4. The SMILES string of the molecule is CC(NC(=O)CCSc1ccccc1F)c1ncc[nH]1. The third kappa shape index (κ3) is 4.09. The van der Waals surface area contributed by atoms with Gasteiger partial charge in [0.2, 0.25) is 5.91 Å². The second kappa shape index (κ2) is 7.09. The van der Waals surface area contributed by atoms with E-state index in [4.69, 9.17) is 0 Å². The average molecular weight is 293 g/mol. The molecule has 1 atom stereocenters. The maximum atomic E-state index is 13.4. The first kappa shape index (κ1) is 14.6. The van der Waals surface area contributed by atoms with Crippen molar-refractivity contribution >= 4 is 17.7 Å². The van der Waals surface area contributed by atoms with Gasteiger partial charge in [0.05, 0.1) is 6.04 Å². The van der Waals surface area contributed by atoms with Gasteiger partial charge in [-0.25, -0.2) is 9.37 Å². The summed E-state index contributed by atoms with van der Waals surface area (Å²) in [4.78, 5) is 19.4. The van der Waals surface area contributed by atoms with Crippen LogP contribution in [-0.2, 0) is 4.79 Å². The van der Waals surface area contributed by atoms with E-state index in [9.17, 15) is 9.18 Å². The Morgan fingerprint density at radius 2 is 2.30 bits per heavy atom. The lowest BCUT2D eigenvalue weighted by Crippen LogP contribution is -2.27. The van der Waals surface area contributed by atoms with Crippen LogP contribution in [0.25, 0.3) is 0 Å². The molecule has 2 N–H and O–H groups in total. The van der Waals surface area contributed by atoms with Gasteiger partial charge in [0.15, 0.2) is 0 Å². The van der Waals surface area contributed by atoms with Crippen LogP contribution in [0.1, 0.15) is 25.2 Å². The quantitative estimate of drug-likeness (QED) is 0.805. The van der Waals surface area contributed by atoms with Crippen molar-refractivity contribution in [2.24, 2.45) is 0 Å². The lowest BCUT2D eigenvalue weighted by atomic mass is 10.3. The van der Waals surface area contributed by atoms with Crippen molar-refractivity contribution in [3.05, 3.63) is 48.3 Å². The van der Waals surface area contributed by atoms with Gasteiger partial charge in [-0.1, -0.05) is 12.1 Å². The number of carbonyl (C=O) groups excluding carboxylic acids is 1. The predicted octanol–water partition coefficient (Wildman–Crippen LogP) is 2.91. The van der Waals surface area contributed by atoms with Crippen molar-refractivity contribution in [2.45, 2.75) is 24.3 Å². The number of amides is 1. The summed E-state index contributed by atoms with van der Waals surface area (Å²) < 4.78 is 13.4. The molecule has 1 unspecified atom stereocenters. The zero-order chi connectivity index (χ0) is 14.4. The number of nitrogens with zero attached hydrogens (tertiary/aromatic N) is 1. The first-order valence-corrected chi connectivity index (χ1v) is 7.31. The van der Waals surface area contributed by atoms with E-state index >= 15 is 0 Å². The molecule has 0 fully saturated rings. The Bertz CT molecular complexity index is 559. The highest BCUT2D eigenvalue weighted by Crippen LogP contribution is 2.21. The van der Waals surface area contributed by atoms with Crippen molar-refractivity contribution in [1.29, 1.82) is 0 Å². The van der Waals surface area contributed by atoms with E-state index in [0.717, 1.165) is 5.82 Å². The molecule has 1 heterocycles. The largest absolute Gasteiger partial charge is 0.347 e. The summed E-state index contributed by atoms with van der Waals surface area (Å²) in [5.41, 5.74) is 0. The van der Waals surface area contributed by atoms with Gasteiger partial charge in [-0.3, -0.25) is 4.79 Å². The molecule has 0 aliphatic rings. The Morgan fingerprint density at radius 1 is 1.50 bits per heavy atom. The normalized spacial score (nSPS) is 12.1. The van der Waals surface area contributed by atoms with Gasteiger partial charge in [0.1, 0.15) is 11.6 Å². The van der Waals surface area contributed by atoms with Crippen LogP contribution in [0.5, 0.6) is 0 Å². The van der Waals surface area contributed by atoms with Gasteiger partial charge in [0, 0.05) is 29.5 Å². The molecule has 1 aromatic carbocycles. The van der Waals surface area contributed by atoms with Crippen LogP contribution in [0.4, 0.5) is 4.39 Å². The van der Waals surface area contributed by atoms with Crippen LogP contribution in [0, 0.1) is 5.82 Å². The summed E-state index contributed by atoms with van der Waals surface area (Å²) in [6, 6.07) is 6.41. The number of carbonyl (C=O) groups is 1. The molecule has 0 aliphatic heterocycles. The van der Waals surface area contributed by atoms with Crippen LogP contribution in [0.3, 0.4) is 0 Å². The highest BCUT2D eigenvalue weighted by atomic mass is 32.2. The molecule has 1 aromatic heterocycles. The lowest BCUT2D eigenvalue weighted by molar-refractivity contribution is -0.121. The van der Waals surface area contributed by atoms with Crippen LogP contribution in [0.15, 0.2) is 41.6 Å². The Hall–Kier alpha value is -1.82. The van der Waals surface area contributed by atoms with Gasteiger partial charge >= 0.3 is 0 Å². The molecule has 0 saturated heterocycles. The zero-order valence-corrected chi connectivity index (χ0v) is 11.9. The summed E-state index contributed by atoms with van der Waals surface area (Å²) in [5.74, 6) is 0.942. The van der Waals surface area contributed by atoms with E-state index < -0.39 is 0 Å². The molecule has 2 aromatic rings. The minimum atomic E-state index is -0.248. The summed E-state index contributed by atoms with van der Waals surface area (Å²) >= 11 is 1.34. The van der Waals surface area contributed by atoms with E-state index in [1.165, 1.54) is 17.8 Å². The molecule has 0 spiro atoms. The standard InChI is InChI=1S/C14H16FN3OS/c1-10(14-16-7-8-17-14)18-13(19)6-9-20-12-5-3-2-4-11(12)15/h2-5,7-8,10H,6,9H2,1H3,(H,16,17)(H,18,19). The monoisotopic (exact) mass is 293 g/mol. The van der Waals surface area contributed by atoms with E-state index in [2.05, 4.69) is 15.3 Å². The van der Waals surface area contributed by atoms with Gasteiger partial charge in [-0.05, 0) is 19.1 Å². The molecule has 20 heavy (non-hydrogen) atoms. The number of rotatable bonds is 6. The molecule has 2 rings (SSSR count). The molecule has 0 aliphatic carbocycles. The Kier molecular flexibility index (Phi) is 5.17. The topological polar surface area (TPSA) is 57.8 Å². The van der Waals surface area contributed by atoms with Crippen LogP contribution in [-0.4, -0.2) is 21.6 Å². The number of thioether (sulfide) groups is 1. The summed E-state index contributed by atoms with van der Waals surface area (Å²) in [7, 11) is 0. The number of aromatic nitrogens is 2. The number of halogens is 1. The van der Waals surface area contributed by atoms with Crippen LogP contribution >= 0.6 is 11.8 Å². The first-order valence-electron chi connectivity index (χ1n) is 6.33. The molecule has 0 bridgehead atoms. The molecule has 1 amide bonds. The Labute approximate surface area is 121 Å². The molecule has 0 saturated carbocycles. The average Bonchev–Trinajstić information content (AvgIpc) is 2.95. The summed E-state index contributed by atoms with van der Waals surface area (Å²) in [6.07, 6.45) is 3.70. The van der Waals surface area contributed by atoms with Gasteiger partial charge in [-0.2, -0.15) is 0 Å². The van der Waals surface area contributed by atoms with Crippen LogP contribution < -0.4 is 5.32 Å². The highest BCUT2D eigenvalue weighted by molar-refractivity contribution is 7.99. The Balaban J connectivity index is 1.74. The van der Waals surface area contributed by atoms with E-state index in [-0.39, 0.29) is 17.8 Å². The second-order valence-corrected chi connectivity index (χ2v) is 5.43. The number of nitrogens with one attached hydrogen (secondary N) is 2. The smallest absolute Gasteiger partial charge is 0.221 e. The van der Waals surface area contributed by atoms with Gasteiger partial charge in [0.25, 0.3) is 0 Å². The van der Waals surface area contributed by atoms with Crippen molar-refractivity contribution in [2.75, 3.05) is 5.75 Å². The fourth-order valence-corrected chi connectivity index (χ4v) is 2.60. The highest BCUT2D eigenvalue weighted by Gasteiger charge is 2.11. The summed E-state index contributed by atoms with van der Waals surface area (Å²) in [6.45, 7) is 1.86. The second-order valence-electron chi connectivity index (χ2n) is 4.29. The van der Waals surface area contributed by atoms with E-state index in [1.807, 2.05) is 6.92 Å². The number of benzene rings is 1. The third-order valence-corrected chi connectivity index (χ3v) is 3.78. The maximum Gasteiger partial charge on any atom is 0.221 e. The molecule has 4 nitrogen and oxygen atoms in total. The lowest BCUT2D eigenvalue weighted by Gasteiger charge is -2.11. The number of H-pyrrole nitrogens is 1. The molecule has 6 heteroatoms. The predicted molar refractivity (Wildman–Crippen MR) is 76.9 cm³/mol. The van der Waals surface area contributed by atoms with Crippen molar-refractivity contribution < 1.29 is 9.18 Å². The number of hydrogen-bond donors (Lipinski definition) is 2. The first-order chi connectivity index (χ1) is 9.66. The molecular formula is C14H16FN3OS. The third-order valence-electron chi connectivity index (χ3n) is 2.73. The number of imidazole rings is 1. The van der Waals surface area contributed by atoms with Crippen molar-refractivity contribution in [1.82, 2.24) is 15.3 Å². The fourth-order valence-electron chi connectivity index (χ4n) is 1.71. The fraction of sp³-hybridized carbons (Fsp3) is 0.286. The number of hydrogen-bond acceptors (Lipinski definition) is 3. The van der Waals surface area contributed by atoms with Crippen LogP contribution in [0.2, 0.25) is 0 Å².